The Morgan fingerprint density at radius 3 is 2.16 bits per heavy atom. The normalized spacial score (nSPS) is 49.5. The Balaban J connectivity index is 1.57. The van der Waals surface area contributed by atoms with Crippen molar-refractivity contribution in [2.75, 3.05) is 12.3 Å². The highest BCUT2D eigenvalue weighted by Gasteiger charge is 2.78. The molecule has 10 atom stereocenters. The zero-order valence-corrected chi connectivity index (χ0v) is 25.6. The van der Waals surface area contributed by atoms with Crippen molar-refractivity contribution < 1.29 is 28.0 Å². The van der Waals surface area contributed by atoms with Gasteiger partial charge >= 0.3 is 0 Å². The van der Waals surface area contributed by atoms with Gasteiger partial charge in [-0.3, -0.25) is 9.35 Å². The lowest BCUT2D eigenvalue weighted by atomic mass is 9.27. The maximum absolute atomic E-state index is 12.4. The van der Waals surface area contributed by atoms with Crippen LogP contribution in [-0.4, -0.2) is 53.6 Å². The van der Waals surface area contributed by atoms with Gasteiger partial charge in [0.25, 0.3) is 10.1 Å². The Bertz CT molecular complexity index is 1050. The molecule has 0 unspecified atom stereocenters. The number of aliphatic hydroxyl groups excluding tert-OH is 2. The van der Waals surface area contributed by atoms with Gasteiger partial charge in [-0.15, -0.1) is 0 Å². The predicted molar refractivity (Wildman–Crippen MR) is 149 cm³/mol. The van der Waals surface area contributed by atoms with Crippen LogP contribution in [0, 0.1) is 44.3 Å². The molecule has 4 aliphatic carbocycles. The Hall–Kier alpha value is -0.700. The fourth-order valence-electron chi connectivity index (χ4n) is 11.0. The maximum Gasteiger partial charge on any atom is 0.266 e. The Labute approximate surface area is 230 Å². The fraction of sp³-hybridized carbons (Fsp3) is 0.967. The highest BCUT2D eigenvalue weighted by atomic mass is 32.2. The second kappa shape index (κ2) is 9.42. The van der Waals surface area contributed by atoms with Gasteiger partial charge in [-0.1, -0.05) is 48.5 Å². The number of amides is 1. The van der Waals surface area contributed by atoms with E-state index < -0.39 is 22.0 Å². The summed E-state index contributed by atoms with van der Waals surface area (Å²) in [6.07, 6.45) is 8.12. The Kier molecular flexibility index (Phi) is 7.50. The van der Waals surface area contributed by atoms with Crippen molar-refractivity contribution in [3.05, 3.63) is 0 Å². The van der Waals surface area contributed by atoms with Gasteiger partial charge in [0.05, 0.1) is 18.0 Å². The van der Waals surface area contributed by atoms with Gasteiger partial charge in [0, 0.05) is 18.4 Å². The molecule has 0 aromatic heterocycles. The lowest BCUT2D eigenvalue weighted by Crippen LogP contribution is -2.73. The summed E-state index contributed by atoms with van der Waals surface area (Å²) in [5.41, 5.74) is -0.208. The molecule has 4 saturated carbocycles. The quantitative estimate of drug-likeness (QED) is 0.329. The van der Waals surface area contributed by atoms with Gasteiger partial charge in [-0.2, -0.15) is 8.42 Å². The number of fused-ring (bicyclic) bond motifs is 5. The number of aliphatic hydroxyl groups is 2. The van der Waals surface area contributed by atoms with Crippen molar-refractivity contribution in [1.82, 2.24) is 5.32 Å². The van der Waals surface area contributed by atoms with E-state index in [9.17, 15) is 23.4 Å². The maximum atomic E-state index is 12.4. The van der Waals surface area contributed by atoms with E-state index in [1.165, 1.54) is 0 Å². The molecule has 0 saturated heterocycles. The summed E-state index contributed by atoms with van der Waals surface area (Å²) in [6.45, 7) is 16.7. The van der Waals surface area contributed by atoms with Crippen molar-refractivity contribution in [3.63, 3.8) is 0 Å². The third-order valence-electron chi connectivity index (χ3n) is 14.2. The number of rotatable bonds is 7. The zero-order valence-electron chi connectivity index (χ0n) is 24.8. The molecular formula is C30H53NO6S. The standard InChI is InChI=1S/C30H53NO6S/c1-20(8-9-24(34)31-16-17-38(35,36)37)22-11-13-28(5)27(4)15-14-25(2)18-21(32)10-12-26(25,3)29(27,6)19-23(33)30(22,28)7/h20-23,32-33H,8-19H2,1-7H3,(H,31,34)(H,35,36,37)/t20-,21-,22-,23+,25-,26+,27+,28+,29-,30+/m1/s1. The SMILES string of the molecule is C[C@H](CCC(=O)NCCS(=O)(=O)O)[C@H]1CC[C@]2(C)[C@]1(C)[C@@H](O)C[C@@]1(C)[C@@]2(C)CC[C@]2(C)C[C@H](O)CC[C@@]21C. The smallest absolute Gasteiger partial charge is 0.266 e. The Morgan fingerprint density at radius 1 is 0.895 bits per heavy atom. The number of carbonyl (C=O) groups is 1. The summed E-state index contributed by atoms with van der Waals surface area (Å²) in [6, 6.07) is 0. The summed E-state index contributed by atoms with van der Waals surface area (Å²) in [5, 5.41) is 25.4. The van der Waals surface area contributed by atoms with Gasteiger partial charge in [0.15, 0.2) is 0 Å². The molecule has 4 fully saturated rings. The second-order valence-electron chi connectivity index (χ2n) is 15.1. The molecular weight excluding hydrogens is 502 g/mol. The van der Waals surface area contributed by atoms with Gasteiger partial charge in [-0.05, 0) is 96.7 Å². The van der Waals surface area contributed by atoms with Crippen molar-refractivity contribution in [2.24, 2.45) is 44.3 Å². The molecule has 0 aliphatic heterocycles. The molecule has 4 N–H and O–H groups in total. The van der Waals surface area contributed by atoms with Crippen molar-refractivity contribution >= 4 is 16.0 Å². The third-order valence-corrected chi connectivity index (χ3v) is 15.0. The van der Waals surface area contributed by atoms with Crippen LogP contribution in [0.5, 0.6) is 0 Å². The lowest BCUT2D eigenvalue weighted by Gasteiger charge is -2.78. The first-order valence-electron chi connectivity index (χ1n) is 14.9. The van der Waals surface area contributed by atoms with Crippen molar-refractivity contribution in [1.29, 1.82) is 0 Å². The average Bonchev–Trinajstić information content (AvgIpc) is 3.09. The fourth-order valence-corrected chi connectivity index (χ4v) is 11.4. The molecule has 38 heavy (non-hydrogen) atoms. The van der Waals surface area contributed by atoms with Crippen LogP contribution in [0.2, 0.25) is 0 Å². The minimum atomic E-state index is -4.09. The minimum Gasteiger partial charge on any atom is -0.393 e. The summed E-state index contributed by atoms with van der Waals surface area (Å²) in [4.78, 5) is 12.4. The molecule has 0 bridgehead atoms. The van der Waals surface area contributed by atoms with Crippen LogP contribution in [0.15, 0.2) is 0 Å². The number of carbonyl (C=O) groups excluding carboxylic acids is 1. The van der Waals surface area contributed by atoms with E-state index in [-0.39, 0.29) is 57.0 Å². The molecule has 0 radical (unpaired) electrons. The van der Waals surface area contributed by atoms with Crippen LogP contribution in [0.3, 0.4) is 0 Å². The van der Waals surface area contributed by atoms with E-state index in [0.29, 0.717) is 18.8 Å². The van der Waals surface area contributed by atoms with Gasteiger partial charge in [0.2, 0.25) is 5.91 Å². The van der Waals surface area contributed by atoms with Crippen molar-refractivity contribution in [2.45, 2.75) is 125 Å². The van der Waals surface area contributed by atoms with Gasteiger partial charge < -0.3 is 15.5 Å². The molecule has 0 spiro atoms. The summed E-state index contributed by atoms with van der Waals surface area (Å²) in [5.74, 6) is -0.141. The van der Waals surface area contributed by atoms with E-state index in [1.54, 1.807) is 0 Å². The van der Waals surface area contributed by atoms with E-state index in [0.717, 1.165) is 51.4 Å². The largest absolute Gasteiger partial charge is 0.393 e. The summed E-state index contributed by atoms with van der Waals surface area (Å²) < 4.78 is 30.8. The van der Waals surface area contributed by atoms with Crippen LogP contribution in [-0.2, 0) is 14.9 Å². The molecule has 4 rings (SSSR count). The molecule has 0 heterocycles. The molecule has 0 aromatic rings. The number of hydrogen-bond acceptors (Lipinski definition) is 5. The van der Waals surface area contributed by atoms with Crippen LogP contribution in [0.4, 0.5) is 0 Å². The molecule has 1 amide bonds. The van der Waals surface area contributed by atoms with Crippen LogP contribution < -0.4 is 5.32 Å². The van der Waals surface area contributed by atoms with Crippen LogP contribution in [0.25, 0.3) is 0 Å². The van der Waals surface area contributed by atoms with Crippen LogP contribution in [0.1, 0.15) is 113 Å². The predicted octanol–water partition coefficient (Wildman–Crippen LogP) is 4.96. The van der Waals surface area contributed by atoms with Gasteiger partial charge in [-0.25, -0.2) is 0 Å². The van der Waals surface area contributed by atoms with E-state index >= 15 is 0 Å². The molecule has 0 aromatic carbocycles. The first kappa shape index (κ1) is 30.3. The topological polar surface area (TPSA) is 124 Å². The number of nitrogens with one attached hydrogen (secondary N) is 1. The average molecular weight is 556 g/mol. The Morgan fingerprint density at radius 2 is 1.53 bits per heavy atom. The summed E-state index contributed by atoms with van der Waals surface area (Å²) in [7, 11) is -4.09. The molecule has 220 valence electrons. The van der Waals surface area contributed by atoms with Gasteiger partial charge in [0.1, 0.15) is 0 Å². The number of hydrogen-bond donors (Lipinski definition) is 4. The van der Waals surface area contributed by atoms with E-state index in [2.05, 4.69) is 53.8 Å². The third kappa shape index (κ3) is 4.05. The lowest BCUT2D eigenvalue weighted by molar-refractivity contribution is -0.315. The highest BCUT2D eigenvalue weighted by Crippen LogP contribution is 2.83. The summed E-state index contributed by atoms with van der Waals surface area (Å²) >= 11 is 0. The highest BCUT2D eigenvalue weighted by molar-refractivity contribution is 7.85. The van der Waals surface area contributed by atoms with Crippen molar-refractivity contribution in [3.8, 4) is 0 Å². The van der Waals surface area contributed by atoms with E-state index in [4.69, 9.17) is 4.55 Å². The molecule has 8 heteroatoms. The van der Waals surface area contributed by atoms with E-state index in [1.807, 2.05) is 0 Å². The first-order chi connectivity index (χ1) is 17.3. The monoisotopic (exact) mass is 555 g/mol. The minimum absolute atomic E-state index is 0.0430. The first-order valence-corrected chi connectivity index (χ1v) is 16.5. The van der Waals surface area contributed by atoms with Crippen LogP contribution >= 0.6 is 0 Å². The zero-order chi connectivity index (χ0) is 28.6. The second-order valence-corrected chi connectivity index (χ2v) is 16.7. The molecule has 7 nitrogen and oxygen atoms in total. The molecule has 4 aliphatic rings.